The van der Waals surface area contributed by atoms with Gasteiger partial charge in [0, 0.05) is 0 Å². The molecule has 0 aromatic heterocycles. The zero-order chi connectivity index (χ0) is 3.86. The minimum absolute atomic E-state index is 0.263. The molecule has 1 rings (SSSR count). The van der Waals surface area contributed by atoms with Crippen molar-refractivity contribution in [1.82, 2.24) is 0 Å². The van der Waals surface area contributed by atoms with Crippen molar-refractivity contribution in [3.05, 3.63) is 0 Å². The summed E-state index contributed by atoms with van der Waals surface area (Å²) in [6.07, 6.45) is 0. The summed E-state index contributed by atoms with van der Waals surface area (Å²) in [5.41, 5.74) is 0. The number of hydrogen-bond donors (Lipinski definition) is 1. The Morgan fingerprint density at radius 2 is 2.20 bits per heavy atom. The molecule has 5 heavy (non-hydrogen) atoms. The standard InChI is InChI=1S/C3H7PS/c1-3-2-5(3)4/h3,5H,2H2,1H3/t3-/m0/s1. The van der Waals surface area contributed by atoms with Gasteiger partial charge in [-0.2, -0.15) is 0 Å². The Kier molecular flexibility index (Phi) is 0.892. The summed E-state index contributed by atoms with van der Waals surface area (Å²) in [6, 6.07) is 0. The van der Waals surface area contributed by atoms with Crippen molar-refractivity contribution >= 4 is 17.7 Å². The third-order valence-electron chi connectivity index (χ3n) is 0.826. The summed E-state index contributed by atoms with van der Waals surface area (Å²) in [7, 11) is 4.50. The van der Waals surface area contributed by atoms with Gasteiger partial charge in [-0.25, -0.2) is 0 Å². The third-order valence-corrected chi connectivity index (χ3v) is 4.15. The third kappa shape index (κ3) is 0.804. The van der Waals surface area contributed by atoms with Gasteiger partial charge in [0.25, 0.3) is 0 Å². The average Bonchev–Trinajstić information content (AvgIpc) is 1.79. The summed E-state index contributed by atoms with van der Waals surface area (Å²) in [5.74, 6) is 1.40. The van der Waals surface area contributed by atoms with Crippen molar-refractivity contribution in [3.63, 3.8) is 0 Å². The molecule has 0 radical (unpaired) electrons. The first-order valence-electron chi connectivity index (χ1n) is 1.76. The van der Waals surface area contributed by atoms with E-state index >= 15 is 0 Å². The predicted octanol–water partition coefficient (Wildman–Crippen LogP) is 1.72. The summed E-state index contributed by atoms with van der Waals surface area (Å²) < 4.78 is 0. The van der Waals surface area contributed by atoms with Gasteiger partial charge in [-0.1, -0.05) is 0 Å². The van der Waals surface area contributed by atoms with Crippen LogP contribution in [-0.2, 0) is 0 Å². The first kappa shape index (κ1) is 3.95. The quantitative estimate of drug-likeness (QED) is 0.271. The van der Waals surface area contributed by atoms with Crippen LogP contribution < -0.4 is 0 Å². The van der Waals surface area contributed by atoms with Crippen LogP contribution in [0.2, 0.25) is 0 Å². The molecule has 1 aliphatic heterocycles. The van der Waals surface area contributed by atoms with Crippen LogP contribution in [0.15, 0.2) is 0 Å². The van der Waals surface area contributed by atoms with Crippen LogP contribution in [0, 0.1) is 0 Å². The van der Waals surface area contributed by atoms with E-state index in [2.05, 4.69) is 14.7 Å². The summed E-state index contributed by atoms with van der Waals surface area (Å²) in [4.78, 5) is 0. The van der Waals surface area contributed by atoms with E-state index in [4.69, 9.17) is 0 Å². The average molecular weight is 106 g/mol. The van der Waals surface area contributed by atoms with Crippen LogP contribution in [0.25, 0.3) is 0 Å². The molecule has 1 unspecified atom stereocenters. The zero-order valence-electron chi connectivity index (χ0n) is 3.18. The maximum absolute atomic E-state index is 4.24. The molecular weight excluding hydrogens is 99.1 g/mol. The van der Waals surface area contributed by atoms with Crippen LogP contribution in [-0.4, -0.2) is 11.0 Å². The number of hydrogen-bond acceptors (Lipinski definition) is 0. The van der Waals surface area contributed by atoms with Crippen LogP contribution in [0.3, 0.4) is 0 Å². The van der Waals surface area contributed by atoms with Gasteiger partial charge >= 0.3 is 35.6 Å². The van der Waals surface area contributed by atoms with Crippen molar-refractivity contribution in [1.29, 1.82) is 0 Å². The van der Waals surface area contributed by atoms with E-state index in [1.807, 2.05) is 0 Å². The normalized spacial score (nSPS) is 48.8. The van der Waals surface area contributed by atoms with Gasteiger partial charge in [-0.3, -0.25) is 0 Å². The van der Waals surface area contributed by atoms with Gasteiger partial charge in [0.15, 0.2) is 0 Å². The van der Waals surface area contributed by atoms with Gasteiger partial charge in [-0.15, -0.1) is 0 Å². The Morgan fingerprint density at radius 3 is 2.20 bits per heavy atom. The number of thiol groups is 1. The van der Waals surface area contributed by atoms with Crippen LogP contribution in [0.1, 0.15) is 6.92 Å². The van der Waals surface area contributed by atoms with Gasteiger partial charge in [0.05, 0.1) is 0 Å². The molecule has 2 atom stereocenters. The molecule has 0 aromatic rings. The maximum atomic E-state index is 4.24. The van der Waals surface area contributed by atoms with Crippen LogP contribution >= 0.6 is 17.7 Å². The summed E-state index contributed by atoms with van der Waals surface area (Å²) in [5, 5.41) is 0.980. The fourth-order valence-electron chi connectivity index (χ4n) is 0.224. The van der Waals surface area contributed by atoms with Crippen molar-refractivity contribution < 1.29 is 0 Å². The second-order valence-electron chi connectivity index (χ2n) is 1.47. The van der Waals surface area contributed by atoms with Crippen molar-refractivity contribution in [2.45, 2.75) is 12.2 Å². The molecule has 1 fully saturated rings. The summed E-state index contributed by atoms with van der Waals surface area (Å²) >= 11 is 0. The van der Waals surface area contributed by atoms with Gasteiger partial charge in [0.2, 0.25) is 0 Å². The molecule has 0 saturated carbocycles. The molecule has 1 heterocycles. The van der Waals surface area contributed by atoms with Crippen molar-refractivity contribution in [2.75, 3.05) is 5.75 Å². The molecule has 0 spiro atoms. The van der Waals surface area contributed by atoms with E-state index in [0.717, 1.165) is 5.25 Å². The van der Waals surface area contributed by atoms with Crippen LogP contribution in [0.5, 0.6) is 0 Å². The number of rotatable bonds is 0. The molecule has 2 heteroatoms. The molecule has 0 aliphatic carbocycles. The SMILES string of the molecule is C[C@H]1C[SH]1#P. The predicted molar refractivity (Wildman–Crippen MR) is 30.2 cm³/mol. The fraction of sp³-hybridized carbons (Fsp3) is 1.00. The van der Waals surface area contributed by atoms with Gasteiger partial charge in [0.1, 0.15) is 0 Å². The van der Waals surface area contributed by atoms with E-state index in [9.17, 15) is 0 Å². The first-order valence-corrected chi connectivity index (χ1v) is 4.51. The Morgan fingerprint density at radius 1 is 2.00 bits per heavy atom. The Balaban J connectivity index is 2.58. The van der Waals surface area contributed by atoms with Gasteiger partial charge in [-0.05, 0) is 0 Å². The molecular formula is C3H7PS. The van der Waals surface area contributed by atoms with E-state index in [0.29, 0.717) is 0 Å². The van der Waals surface area contributed by atoms with E-state index in [1.54, 1.807) is 0 Å². The zero-order valence-corrected chi connectivity index (χ0v) is 4.97. The molecule has 30 valence electrons. The van der Waals surface area contributed by atoms with E-state index in [-0.39, 0.29) is 9.87 Å². The molecule has 0 aromatic carbocycles. The van der Waals surface area contributed by atoms with Gasteiger partial charge < -0.3 is 0 Å². The Labute approximate surface area is 36.4 Å². The molecule has 0 N–H and O–H groups in total. The second-order valence-corrected chi connectivity index (χ2v) is 5.14. The second kappa shape index (κ2) is 1.13. The summed E-state index contributed by atoms with van der Waals surface area (Å²) in [6.45, 7) is 2.25. The molecule has 1 saturated heterocycles. The first-order chi connectivity index (χ1) is 2.30. The monoisotopic (exact) mass is 106 g/mol. The molecule has 0 bridgehead atoms. The minimum atomic E-state index is 0.263. The van der Waals surface area contributed by atoms with E-state index in [1.165, 1.54) is 5.75 Å². The topological polar surface area (TPSA) is 0 Å². The van der Waals surface area contributed by atoms with Crippen molar-refractivity contribution in [3.8, 4) is 0 Å². The molecule has 0 amide bonds. The van der Waals surface area contributed by atoms with Crippen molar-refractivity contribution in [2.24, 2.45) is 0 Å². The molecule has 0 nitrogen and oxygen atoms in total. The molecule has 1 aliphatic rings. The Hall–Kier alpha value is 0.780. The Bertz CT molecular complexity index is 99.2. The van der Waals surface area contributed by atoms with Crippen LogP contribution in [0.4, 0.5) is 0 Å². The fourth-order valence-corrected chi connectivity index (χ4v) is 2.04. The van der Waals surface area contributed by atoms with E-state index < -0.39 is 0 Å².